The predicted octanol–water partition coefficient (Wildman–Crippen LogP) is 3.19. The Morgan fingerprint density at radius 2 is 1.97 bits per heavy atom. The number of nitrogens with one attached hydrogen (secondary N) is 2. The zero-order valence-corrected chi connectivity index (χ0v) is 19.0. The van der Waals surface area contributed by atoms with Gasteiger partial charge in [0.15, 0.2) is 0 Å². The van der Waals surface area contributed by atoms with E-state index >= 15 is 0 Å². The Morgan fingerprint density at radius 3 is 2.70 bits per heavy atom. The van der Waals surface area contributed by atoms with Gasteiger partial charge in [-0.05, 0) is 69.1 Å². The minimum absolute atomic E-state index is 0.0152. The van der Waals surface area contributed by atoms with Crippen molar-refractivity contribution in [1.29, 1.82) is 0 Å². The Morgan fingerprint density at radius 1 is 1.21 bits per heavy atom. The maximum Gasteiger partial charge on any atom is 0.246 e. The number of carbonyl (C=O) groups excluding carboxylic acids is 1. The Labute approximate surface area is 192 Å². The van der Waals surface area contributed by atoms with Crippen molar-refractivity contribution in [1.82, 2.24) is 20.8 Å². The number of amides is 1. The smallest absolute Gasteiger partial charge is 0.246 e. The molecule has 8 heteroatoms. The highest BCUT2D eigenvalue weighted by Crippen LogP contribution is 2.30. The number of hydroxylamine groups is 2. The van der Waals surface area contributed by atoms with E-state index in [0.717, 1.165) is 39.2 Å². The summed E-state index contributed by atoms with van der Waals surface area (Å²) in [5, 5.41) is 10.0. The van der Waals surface area contributed by atoms with E-state index in [1.807, 2.05) is 80.5 Å². The van der Waals surface area contributed by atoms with Crippen LogP contribution in [-0.4, -0.2) is 47.2 Å². The van der Waals surface area contributed by atoms with Crippen molar-refractivity contribution in [3.63, 3.8) is 0 Å². The molecule has 172 valence electrons. The van der Waals surface area contributed by atoms with Crippen molar-refractivity contribution >= 4 is 22.5 Å². The third-order valence-electron chi connectivity index (χ3n) is 5.43. The molecule has 1 amide bonds. The molecule has 0 saturated carbocycles. The molecule has 1 atom stereocenters. The summed E-state index contributed by atoms with van der Waals surface area (Å²) >= 11 is 0. The van der Waals surface area contributed by atoms with E-state index in [9.17, 15) is 4.79 Å². The van der Waals surface area contributed by atoms with Crippen LogP contribution in [-0.2, 0) is 16.2 Å². The number of rotatable bonds is 8. The summed E-state index contributed by atoms with van der Waals surface area (Å²) in [4.78, 5) is 24.1. The first-order valence-corrected chi connectivity index (χ1v) is 10.7. The third kappa shape index (κ3) is 5.31. The largest absolute Gasteiger partial charge is 0.489 e. The molecule has 4 rings (SSSR count). The SMILES string of the molecule is Cc1cc(COc2ccc(C3=CC(CC(=O)NO)(CN(C)C)ON3)cc2)c2ccccc2n1. The number of carbonyl (C=O) groups is 1. The standard InChI is InChI=1S/C25H28N4O4/c1-17-12-19(21-6-4-5-7-22(21)26-17)15-32-20-10-8-18(9-11-20)23-13-25(33-28-23,16-29(2)3)14-24(30)27-31/h4-13,28,31H,14-16H2,1-3H3,(H,27,30). The molecule has 0 radical (unpaired) electrons. The van der Waals surface area contributed by atoms with Crippen LogP contribution in [0.1, 0.15) is 23.2 Å². The first-order chi connectivity index (χ1) is 15.9. The molecule has 0 bridgehead atoms. The maximum atomic E-state index is 11.8. The number of likely N-dealkylation sites (N-methyl/N-ethyl adjacent to an activating group) is 1. The molecule has 0 saturated heterocycles. The van der Waals surface area contributed by atoms with Crippen LogP contribution in [0.25, 0.3) is 16.6 Å². The molecular formula is C25H28N4O4. The van der Waals surface area contributed by atoms with Gasteiger partial charge in [-0.2, -0.15) is 0 Å². The van der Waals surface area contributed by atoms with Crippen LogP contribution in [0.4, 0.5) is 0 Å². The predicted molar refractivity (Wildman–Crippen MR) is 125 cm³/mol. The maximum absolute atomic E-state index is 11.8. The Hall–Kier alpha value is -3.46. The molecule has 2 aromatic carbocycles. The third-order valence-corrected chi connectivity index (χ3v) is 5.43. The molecule has 1 aliphatic heterocycles. The normalized spacial score (nSPS) is 17.7. The molecule has 3 N–H and O–H groups in total. The summed E-state index contributed by atoms with van der Waals surface area (Å²) in [6.07, 6.45) is 1.86. The monoisotopic (exact) mass is 448 g/mol. The van der Waals surface area contributed by atoms with Gasteiger partial charge < -0.3 is 9.64 Å². The average molecular weight is 449 g/mol. The lowest BCUT2D eigenvalue weighted by Gasteiger charge is -2.27. The van der Waals surface area contributed by atoms with Gasteiger partial charge in [0, 0.05) is 23.2 Å². The van der Waals surface area contributed by atoms with E-state index < -0.39 is 11.5 Å². The van der Waals surface area contributed by atoms with Crippen LogP contribution in [0.2, 0.25) is 0 Å². The van der Waals surface area contributed by atoms with Gasteiger partial charge in [-0.1, -0.05) is 18.2 Å². The summed E-state index contributed by atoms with van der Waals surface area (Å²) < 4.78 is 6.05. The van der Waals surface area contributed by atoms with Crippen LogP contribution < -0.4 is 15.7 Å². The van der Waals surface area contributed by atoms with Gasteiger partial charge in [0.05, 0.1) is 17.6 Å². The van der Waals surface area contributed by atoms with Crippen molar-refractivity contribution in [2.45, 2.75) is 25.6 Å². The van der Waals surface area contributed by atoms with Gasteiger partial charge >= 0.3 is 0 Å². The average Bonchev–Trinajstić information content (AvgIpc) is 3.20. The minimum Gasteiger partial charge on any atom is -0.489 e. The lowest BCUT2D eigenvalue weighted by atomic mass is 9.96. The number of aromatic nitrogens is 1. The zero-order valence-electron chi connectivity index (χ0n) is 19.0. The Bertz CT molecular complexity index is 1180. The molecule has 33 heavy (non-hydrogen) atoms. The highest BCUT2D eigenvalue weighted by atomic mass is 16.7. The van der Waals surface area contributed by atoms with Crippen molar-refractivity contribution in [3.8, 4) is 5.75 Å². The first-order valence-electron chi connectivity index (χ1n) is 10.7. The second-order valence-electron chi connectivity index (χ2n) is 8.53. The number of benzene rings is 2. The van der Waals surface area contributed by atoms with Crippen LogP contribution in [0, 0.1) is 6.92 Å². The van der Waals surface area contributed by atoms with Crippen molar-refractivity contribution < 1.29 is 19.6 Å². The molecule has 3 aromatic rings. The fourth-order valence-corrected chi connectivity index (χ4v) is 4.09. The summed E-state index contributed by atoms with van der Waals surface area (Å²) in [6.45, 7) is 2.89. The molecule has 2 heterocycles. The van der Waals surface area contributed by atoms with E-state index in [1.165, 1.54) is 0 Å². The topological polar surface area (TPSA) is 96.0 Å². The molecule has 1 aliphatic rings. The summed E-state index contributed by atoms with van der Waals surface area (Å²) in [5.74, 6) is 0.231. The quantitative estimate of drug-likeness (QED) is 0.360. The van der Waals surface area contributed by atoms with E-state index in [-0.39, 0.29) is 6.42 Å². The van der Waals surface area contributed by atoms with Gasteiger partial charge in [0.1, 0.15) is 18.0 Å². The van der Waals surface area contributed by atoms with Crippen LogP contribution >= 0.6 is 0 Å². The van der Waals surface area contributed by atoms with Gasteiger partial charge in [-0.25, -0.2) is 5.48 Å². The van der Waals surface area contributed by atoms with Gasteiger partial charge in [0.25, 0.3) is 0 Å². The second-order valence-corrected chi connectivity index (χ2v) is 8.53. The lowest BCUT2D eigenvalue weighted by molar-refractivity contribution is -0.137. The van der Waals surface area contributed by atoms with Crippen molar-refractivity contribution in [3.05, 3.63) is 77.5 Å². The Balaban J connectivity index is 1.48. The van der Waals surface area contributed by atoms with E-state index in [1.54, 1.807) is 5.48 Å². The molecule has 0 spiro atoms. The fraction of sp³-hybridized carbons (Fsp3) is 0.280. The number of para-hydroxylation sites is 1. The number of ether oxygens (including phenoxy) is 1. The van der Waals surface area contributed by atoms with Crippen LogP contribution in [0.3, 0.4) is 0 Å². The number of pyridine rings is 1. The van der Waals surface area contributed by atoms with Gasteiger partial charge in [-0.15, -0.1) is 0 Å². The number of fused-ring (bicyclic) bond motifs is 1. The number of aryl methyl sites for hydroxylation is 1. The number of nitrogens with zero attached hydrogens (tertiary/aromatic N) is 2. The molecule has 1 aromatic heterocycles. The molecule has 1 unspecified atom stereocenters. The minimum atomic E-state index is -0.888. The van der Waals surface area contributed by atoms with E-state index in [4.69, 9.17) is 14.8 Å². The highest BCUT2D eigenvalue weighted by Gasteiger charge is 2.38. The van der Waals surface area contributed by atoms with E-state index in [2.05, 4.69) is 16.5 Å². The van der Waals surface area contributed by atoms with Crippen LogP contribution in [0.5, 0.6) is 5.75 Å². The Kier molecular flexibility index (Phi) is 6.60. The first kappa shape index (κ1) is 22.7. The van der Waals surface area contributed by atoms with E-state index in [0.29, 0.717) is 13.2 Å². The highest BCUT2D eigenvalue weighted by molar-refractivity contribution is 5.82. The molecule has 0 fully saturated rings. The summed E-state index contributed by atoms with van der Waals surface area (Å²) in [5.41, 5.74) is 8.38. The lowest BCUT2D eigenvalue weighted by Crippen LogP contribution is -2.44. The summed E-state index contributed by atoms with van der Waals surface area (Å²) in [6, 6.07) is 17.8. The van der Waals surface area contributed by atoms with Crippen LogP contribution in [0.15, 0.2) is 60.7 Å². The number of hydrogen-bond acceptors (Lipinski definition) is 7. The second kappa shape index (κ2) is 9.58. The van der Waals surface area contributed by atoms with Crippen molar-refractivity contribution in [2.75, 3.05) is 20.6 Å². The van der Waals surface area contributed by atoms with Crippen molar-refractivity contribution in [2.24, 2.45) is 0 Å². The zero-order chi connectivity index (χ0) is 23.4. The van der Waals surface area contributed by atoms with Gasteiger partial charge in [0.2, 0.25) is 5.91 Å². The van der Waals surface area contributed by atoms with Gasteiger partial charge in [-0.3, -0.25) is 25.3 Å². The molecular weight excluding hydrogens is 420 g/mol. The molecule has 0 aliphatic carbocycles. The number of hydrogen-bond donors (Lipinski definition) is 3. The summed E-state index contributed by atoms with van der Waals surface area (Å²) in [7, 11) is 3.79. The molecule has 8 nitrogen and oxygen atoms in total. The fourth-order valence-electron chi connectivity index (χ4n) is 4.09.